The standard InChI is InChI=1S/C22H20F2N2O3S/c1-13-7-8-15(11-14(13)2)18(27)9-10-20(28)26-22-25-17(12-30-22)16-5-3-4-6-19(16)29-21(23)24/h3-8,11-12,21H,9-10H2,1-2H3,(H,25,26,28). The number of anilines is 1. The van der Waals surface area contributed by atoms with Crippen molar-refractivity contribution in [3.8, 4) is 17.0 Å². The average Bonchev–Trinajstić information content (AvgIpc) is 3.16. The molecule has 3 aromatic rings. The van der Waals surface area contributed by atoms with Gasteiger partial charge in [-0.25, -0.2) is 4.98 Å². The summed E-state index contributed by atoms with van der Waals surface area (Å²) in [5.74, 6) is -0.439. The van der Waals surface area contributed by atoms with Crippen LogP contribution in [0.15, 0.2) is 47.8 Å². The third kappa shape index (κ3) is 5.48. The monoisotopic (exact) mass is 430 g/mol. The molecule has 0 atom stereocenters. The topological polar surface area (TPSA) is 68.3 Å². The molecule has 1 N–H and O–H groups in total. The van der Waals surface area contributed by atoms with E-state index in [1.54, 1.807) is 29.6 Å². The highest BCUT2D eigenvalue weighted by molar-refractivity contribution is 7.14. The van der Waals surface area contributed by atoms with Gasteiger partial charge in [0.25, 0.3) is 0 Å². The molecule has 8 heteroatoms. The second-order valence-corrected chi connectivity index (χ2v) is 7.54. The van der Waals surface area contributed by atoms with Gasteiger partial charge in [-0.3, -0.25) is 9.59 Å². The molecule has 0 aliphatic rings. The van der Waals surface area contributed by atoms with Gasteiger partial charge in [-0.05, 0) is 43.2 Å². The van der Waals surface area contributed by atoms with E-state index < -0.39 is 6.61 Å². The molecule has 0 unspecified atom stereocenters. The zero-order valence-electron chi connectivity index (χ0n) is 16.4. The zero-order valence-corrected chi connectivity index (χ0v) is 17.3. The number of amides is 1. The maximum atomic E-state index is 12.6. The summed E-state index contributed by atoms with van der Waals surface area (Å²) in [5, 5.41) is 4.61. The number of nitrogens with zero attached hydrogens (tertiary/aromatic N) is 1. The van der Waals surface area contributed by atoms with Crippen molar-refractivity contribution >= 4 is 28.2 Å². The Balaban J connectivity index is 1.60. The molecule has 156 valence electrons. The van der Waals surface area contributed by atoms with Crippen molar-refractivity contribution in [3.05, 3.63) is 64.5 Å². The number of carbonyl (C=O) groups is 2. The fourth-order valence-corrected chi connectivity index (χ4v) is 3.53. The summed E-state index contributed by atoms with van der Waals surface area (Å²) in [5.41, 5.74) is 3.52. The number of nitrogens with one attached hydrogen (secondary N) is 1. The third-order valence-corrected chi connectivity index (χ3v) is 5.30. The third-order valence-electron chi connectivity index (χ3n) is 4.54. The predicted molar refractivity (Wildman–Crippen MR) is 112 cm³/mol. The van der Waals surface area contributed by atoms with Crippen molar-refractivity contribution in [1.29, 1.82) is 0 Å². The minimum Gasteiger partial charge on any atom is -0.434 e. The summed E-state index contributed by atoms with van der Waals surface area (Å²) in [6.07, 6.45) is 0.101. The lowest BCUT2D eigenvalue weighted by Crippen LogP contribution is -2.13. The van der Waals surface area contributed by atoms with Gasteiger partial charge >= 0.3 is 6.61 Å². The molecular weight excluding hydrogens is 410 g/mol. The largest absolute Gasteiger partial charge is 0.434 e. The number of aryl methyl sites for hydroxylation is 2. The first-order chi connectivity index (χ1) is 14.3. The number of Topliss-reactive ketones (excluding diaryl/α,β-unsaturated/α-hetero) is 1. The zero-order chi connectivity index (χ0) is 21.7. The van der Waals surface area contributed by atoms with Gasteiger partial charge in [-0.2, -0.15) is 8.78 Å². The lowest BCUT2D eigenvalue weighted by Gasteiger charge is -2.08. The van der Waals surface area contributed by atoms with E-state index >= 15 is 0 Å². The first-order valence-corrected chi connectivity index (χ1v) is 10.1. The Hall–Kier alpha value is -3.13. The summed E-state index contributed by atoms with van der Waals surface area (Å²) in [4.78, 5) is 28.8. The Morgan fingerprint density at radius 3 is 2.60 bits per heavy atom. The molecule has 30 heavy (non-hydrogen) atoms. The van der Waals surface area contributed by atoms with Crippen molar-refractivity contribution in [2.24, 2.45) is 0 Å². The quantitative estimate of drug-likeness (QED) is 0.470. The van der Waals surface area contributed by atoms with E-state index in [2.05, 4.69) is 15.0 Å². The van der Waals surface area contributed by atoms with Crippen molar-refractivity contribution < 1.29 is 23.1 Å². The summed E-state index contributed by atoms with van der Waals surface area (Å²) < 4.78 is 29.7. The van der Waals surface area contributed by atoms with Gasteiger partial charge in [0.2, 0.25) is 5.91 Å². The van der Waals surface area contributed by atoms with Crippen molar-refractivity contribution in [1.82, 2.24) is 4.98 Å². The molecule has 0 saturated carbocycles. The summed E-state index contributed by atoms with van der Waals surface area (Å²) in [7, 11) is 0. The average molecular weight is 430 g/mol. The lowest BCUT2D eigenvalue weighted by molar-refractivity contribution is -0.116. The normalized spacial score (nSPS) is 10.8. The number of ether oxygens (including phenoxy) is 1. The van der Waals surface area contributed by atoms with Gasteiger partial charge in [-0.15, -0.1) is 11.3 Å². The molecule has 1 heterocycles. The second kappa shape index (κ2) is 9.58. The molecule has 0 fully saturated rings. The van der Waals surface area contributed by atoms with Crippen LogP contribution in [0.1, 0.15) is 34.3 Å². The number of aromatic nitrogens is 1. The fourth-order valence-electron chi connectivity index (χ4n) is 2.80. The highest BCUT2D eigenvalue weighted by atomic mass is 32.1. The van der Waals surface area contributed by atoms with E-state index in [1.807, 2.05) is 26.0 Å². The van der Waals surface area contributed by atoms with Gasteiger partial charge in [-0.1, -0.05) is 24.3 Å². The number of thiazole rings is 1. The summed E-state index contributed by atoms with van der Waals surface area (Å²) >= 11 is 1.16. The molecule has 1 amide bonds. The number of rotatable bonds is 8. The smallest absolute Gasteiger partial charge is 0.387 e. The predicted octanol–water partition coefficient (Wildman–Crippen LogP) is 5.63. The number of benzene rings is 2. The van der Waals surface area contributed by atoms with Crippen molar-refractivity contribution in [2.75, 3.05) is 5.32 Å². The van der Waals surface area contributed by atoms with Gasteiger partial charge in [0.05, 0.1) is 5.69 Å². The number of halogens is 2. The number of hydrogen-bond donors (Lipinski definition) is 1. The number of alkyl halides is 2. The van der Waals surface area contributed by atoms with E-state index in [0.29, 0.717) is 22.0 Å². The van der Waals surface area contributed by atoms with E-state index in [4.69, 9.17) is 0 Å². The number of ketones is 1. The van der Waals surface area contributed by atoms with Crippen LogP contribution >= 0.6 is 11.3 Å². The van der Waals surface area contributed by atoms with Crippen LogP contribution in [-0.4, -0.2) is 23.3 Å². The minimum atomic E-state index is -2.95. The van der Waals surface area contributed by atoms with Crippen LogP contribution in [0.2, 0.25) is 0 Å². The van der Waals surface area contributed by atoms with Gasteiger partial charge in [0, 0.05) is 29.3 Å². The van der Waals surface area contributed by atoms with Gasteiger partial charge in [0.1, 0.15) is 5.75 Å². The molecule has 0 saturated heterocycles. The number of para-hydroxylation sites is 1. The molecule has 0 spiro atoms. The molecule has 0 aliphatic carbocycles. The lowest BCUT2D eigenvalue weighted by atomic mass is 10.0. The molecule has 1 aromatic heterocycles. The maximum Gasteiger partial charge on any atom is 0.387 e. The Labute approximate surface area is 176 Å². The van der Waals surface area contributed by atoms with E-state index in [1.165, 1.54) is 6.07 Å². The van der Waals surface area contributed by atoms with Gasteiger partial charge < -0.3 is 10.1 Å². The summed E-state index contributed by atoms with van der Waals surface area (Å²) in [6, 6.07) is 11.8. The Kier molecular flexibility index (Phi) is 6.89. The number of hydrogen-bond acceptors (Lipinski definition) is 5. The van der Waals surface area contributed by atoms with Crippen LogP contribution < -0.4 is 10.1 Å². The fraction of sp³-hybridized carbons (Fsp3) is 0.227. The SMILES string of the molecule is Cc1ccc(C(=O)CCC(=O)Nc2nc(-c3ccccc3OC(F)F)cs2)cc1C. The minimum absolute atomic E-state index is 0.00895. The molecule has 0 radical (unpaired) electrons. The Bertz CT molecular complexity index is 1070. The van der Waals surface area contributed by atoms with E-state index in [9.17, 15) is 18.4 Å². The van der Waals surface area contributed by atoms with Crippen LogP contribution in [0.5, 0.6) is 5.75 Å². The highest BCUT2D eigenvalue weighted by Gasteiger charge is 2.15. The molecule has 0 aliphatic heterocycles. The highest BCUT2D eigenvalue weighted by Crippen LogP contribution is 2.33. The van der Waals surface area contributed by atoms with Crippen LogP contribution in [0.3, 0.4) is 0 Å². The Morgan fingerprint density at radius 1 is 1.10 bits per heavy atom. The van der Waals surface area contributed by atoms with Crippen LogP contribution in [0.25, 0.3) is 11.3 Å². The van der Waals surface area contributed by atoms with Crippen LogP contribution in [0.4, 0.5) is 13.9 Å². The second-order valence-electron chi connectivity index (χ2n) is 6.68. The molecular formula is C22H20F2N2O3S. The van der Waals surface area contributed by atoms with Crippen molar-refractivity contribution in [2.45, 2.75) is 33.3 Å². The first kappa shape index (κ1) is 21.6. The molecule has 2 aromatic carbocycles. The van der Waals surface area contributed by atoms with Crippen LogP contribution in [0, 0.1) is 13.8 Å². The molecule has 3 rings (SSSR count). The van der Waals surface area contributed by atoms with E-state index in [-0.39, 0.29) is 30.3 Å². The van der Waals surface area contributed by atoms with E-state index in [0.717, 1.165) is 22.5 Å². The van der Waals surface area contributed by atoms with Crippen molar-refractivity contribution in [3.63, 3.8) is 0 Å². The maximum absolute atomic E-state index is 12.6. The molecule has 5 nitrogen and oxygen atoms in total. The number of carbonyl (C=O) groups excluding carboxylic acids is 2. The summed E-state index contributed by atoms with van der Waals surface area (Å²) in [6.45, 7) is 0.958. The van der Waals surface area contributed by atoms with Gasteiger partial charge in [0.15, 0.2) is 10.9 Å². The first-order valence-electron chi connectivity index (χ1n) is 9.23. The Morgan fingerprint density at radius 2 is 1.87 bits per heavy atom. The van der Waals surface area contributed by atoms with Crippen LogP contribution in [-0.2, 0) is 4.79 Å². The molecule has 0 bridgehead atoms.